The molecule has 0 amide bonds. The van der Waals surface area contributed by atoms with Gasteiger partial charge in [0.25, 0.3) is 0 Å². The smallest absolute Gasteiger partial charge is 0.306 e. The van der Waals surface area contributed by atoms with Crippen LogP contribution in [0.3, 0.4) is 0 Å². The van der Waals surface area contributed by atoms with Gasteiger partial charge in [-0.2, -0.15) is 0 Å². The quantitative estimate of drug-likeness (QED) is 0.530. The van der Waals surface area contributed by atoms with Gasteiger partial charge in [-0.1, -0.05) is 5.92 Å². The van der Waals surface area contributed by atoms with Gasteiger partial charge < -0.3 is 9.47 Å². The van der Waals surface area contributed by atoms with Gasteiger partial charge in [0, 0.05) is 16.6 Å². The van der Waals surface area contributed by atoms with Gasteiger partial charge >= 0.3 is 5.97 Å². The number of carbonyl (C=O) groups is 1. The Morgan fingerprint density at radius 1 is 1.21 bits per heavy atom. The fourth-order valence-electron chi connectivity index (χ4n) is 2.91. The lowest BCUT2D eigenvalue weighted by molar-refractivity contribution is -0.144. The van der Waals surface area contributed by atoms with E-state index in [4.69, 9.17) is 9.47 Å². The third-order valence-corrected chi connectivity index (χ3v) is 5.52. The predicted octanol–water partition coefficient (Wildman–Crippen LogP) is 4.69. The molecule has 0 radical (unpaired) electrons. The normalized spacial score (nSPS) is 19.9. The number of carbonyl (C=O) groups excluding carboxylic acids is 1. The highest BCUT2D eigenvalue weighted by molar-refractivity contribution is 8.00. The first-order valence-corrected chi connectivity index (χ1v) is 9.54. The van der Waals surface area contributed by atoms with E-state index in [-0.39, 0.29) is 5.97 Å². The van der Waals surface area contributed by atoms with E-state index in [1.54, 1.807) is 0 Å². The molecule has 0 spiro atoms. The first-order chi connectivity index (χ1) is 11.7. The lowest BCUT2D eigenvalue weighted by Crippen LogP contribution is -2.19. The van der Waals surface area contributed by atoms with E-state index in [0.29, 0.717) is 30.8 Å². The maximum Gasteiger partial charge on any atom is 0.306 e. The summed E-state index contributed by atoms with van der Waals surface area (Å²) < 4.78 is 10.6. The molecule has 4 heteroatoms. The SMILES string of the molecule is CC#CCOc1ccc(SC2CCC(CC(=O)OCC)CC2)cc1. The number of hydrogen-bond acceptors (Lipinski definition) is 4. The molecule has 0 saturated heterocycles. The Bertz CT molecular complexity index is 563. The Morgan fingerprint density at radius 2 is 1.92 bits per heavy atom. The van der Waals surface area contributed by atoms with Crippen LogP contribution in [0.2, 0.25) is 0 Å². The van der Waals surface area contributed by atoms with Crippen molar-refractivity contribution in [3.8, 4) is 17.6 Å². The van der Waals surface area contributed by atoms with Gasteiger partial charge in [-0.05, 0) is 69.7 Å². The Hall–Kier alpha value is -1.60. The van der Waals surface area contributed by atoms with Crippen LogP contribution in [0.4, 0.5) is 0 Å². The summed E-state index contributed by atoms with van der Waals surface area (Å²) >= 11 is 1.93. The molecule has 2 rings (SSSR count). The van der Waals surface area contributed by atoms with Crippen LogP contribution in [0, 0.1) is 17.8 Å². The molecule has 1 aromatic rings. The van der Waals surface area contributed by atoms with Crippen LogP contribution in [-0.4, -0.2) is 24.4 Å². The monoisotopic (exact) mass is 346 g/mol. The maximum absolute atomic E-state index is 11.6. The van der Waals surface area contributed by atoms with E-state index in [1.807, 2.05) is 37.7 Å². The molecule has 0 atom stereocenters. The van der Waals surface area contributed by atoms with Crippen molar-refractivity contribution in [3.63, 3.8) is 0 Å². The van der Waals surface area contributed by atoms with E-state index in [0.717, 1.165) is 18.6 Å². The molecule has 130 valence electrons. The molecule has 0 bridgehead atoms. The minimum Gasteiger partial charge on any atom is -0.481 e. The van der Waals surface area contributed by atoms with E-state index in [9.17, 15) is 4.79 Å². The summed E-state index contributed by atoms with van der Waals surface area (Å²) in [6.45, 7) is 4.59. The number of rotatable bonds is 7. The van der Waals surface area contributed by atoms with Gasteiger partial charge in [0.15, 0.2) is 0 Å². The number of thioether (sulfide) groups is 1. The number of hydrogen-bond donors (Lipinski definition) is 0. The average molecular weight is 346 g/mol. The molecule has 0 aromatic heterocycles. The van der Waals surface area contributed by atoms with E-state index < -0.39 is 0 Å². The molecule has 0 N–H and O–H groups in total. The van der Waals surface area contributed by atoms with Crippen molar-refractivity contribution in [2.24, 2.45) is 5.92 Å². The second kappa shape index (κ2) is 10.3. The summed E-state index contributed by atoms with van der Waals surface area (Å²) in [6.07, 6.45) is 5.15. The van der Waals surface area contributed by atoms with Gasteiger partial charge in [-0.25, -0.2) is 0 Å². The van der Waals surface area contributed by atoms with Gasteiger partial charge in [0.1, 0.15) is 12.4 Å². The fourth-order valence-corrected chi connectivity index (χ4v) is 4.09. The molecular weight excluding hydrogens is 320 g/mol. The average Bonchev–Trinajstić information content (AvgIpc) is 2.59. The highest BCUT2D eigenvalue weighted by atomic mass is 32.2. The Morgan fingerprint density at radius 3 is 2.54 bits per heavy atom. The molecular formula is C20H26O3S. The predicted molar refractivity (Wildman–Crippen MR) is 98.2 cm³/mol. The summed E-state index contributed by atoms with van der Waals surface area (Å²) in [5.74, 6) is 7.02. The summed E-state index contributed by atoms with van der Waals surface area (Å²) in [6, 6.07) is 8.24. The van der Waals surface area contributed by atoms with Crippen LogP contribution in [0.25, 0.3) is 0 Å². The number of esters is 1. The van der Waals surface area contributed by atoms with E-state index >= 15 is 0 Å². The summed E-state index contributed by atoms with van der Waals surface area (Å²) in [5, 5.41) is 0.640. The topological polar surface area (TPSA) is 35.5 Å². The van der Waals surface area contributed by atoms with E-state index in [2.05, 4.69) is 24.0 Å². The van der Waals surface area contributed by atoms with Crippen molar-refractivity contribution >= 4 is 17.7 Å². The van der Waals surface area contributed by atoms with Crippen LogP contribution in [0.5, 0.6) is 5.75 Å². The molecule has 1 aromatic carbocycles. The summed E-state index contributed by atoms with van der Waals surface area (Å²) in [4.78, 5) is 12.8. The van der Waals surface area contributed by atoms with Crippen LogP contribution in [-0.2, 0) is 9.53 Å². The second-order valence-corrected chi connectivity index (χ2v) is 7.33. The van der Waals surface area contributed by atoms with Crippen molar-refractivity contribution < 1.29 is 14.3 Å². The first-order valence-electron chi connectivity index (χ1n) is 8.66. The molecule has 24 heavy (non-hydrogen) atoms. The minimum atomic E-state index is -0.0445. The van der Waals surface area contributed by atoms with Crippen molar-refractivity contribution in [2.45, 2.75) is 56.1 Å². The van der Waals surface area contributed by atoms with Crippen LogP contribution in [0.1, 0.15) is 46.0 Å². The third-order valence-electron chi connectivity index (χ3n) is 4.17. The molecule has 1 aliphatic carbocycles. The lowest BCUT2D eigenvalue weighted by atomic mass is 9.87. The number of benzene rings is 1. The molecule has 0 aliphatic heterocycles. The molecule has 1 saturated carbocycles. The van der Waals surface area contributed by atoms with Crippen molar-refractivity contribution in [3.05, 3.63) is 24.3 Å². The zero-order valence-corrected chi connectivity index (χ0v) is 15.4. The van der Waals surface area contributed by atoms with Crippen molar-refractivity contribution in [1.82, 2.24) is 0 Å². The zero-order chi connectivity index (χ0) is 17.2. The molecule has 1 fully saturated rings. The van der Waals surface area contributed by atoms with Gasteiger partial charge in [-0.15, -0.1) is 17.7 Å². The van der Waals surface area contributed by atoms with Crippen molar-refractivity contribution in [2.75, 3.05) is 13.2 Å². The maximum atomic E-state index is 11.6. The zero-order valence-electron chi connectivity index (χ0n) is 14.5. The van der Waals surface area contributed by atoms with Crippen LogP contribution in [0.15, 0.2) is 29.2 Å². The lowest BCUT2D eigenvalue weighted by Gasteiger charge is -2.27. The minimum absolute atomic E-state index is 0.0445. The van der Waals surface area contributed by atoms with Gasteiger partial charge in [0.05, 0.1) is 6.61 Å². The molecule has 0 heterocycles. The largest absolute Gasteiger partial charge is 0.481 e. The fraction of sp³-hybridized carbons (Fsp3) is 0.550. The Kier molecular flexibility index (Phi) is 8.04. The Labute approximate surface area is 149 Å². The molecule has 3 nitrogen and oxygen atoms in total. The second-order valence-electron chi connectivity index (χ2n) is 5.96. The Balaban J connectivity index is 1.73. The van der Waals surface area contributed by atoms with Crippen molar-refractivity contribution in [1.29, 1.82) is 0 Å². The summed E-state index contributed by atoms with van der Waals surface area (Å²) in [7, 11) is 0. The van der Waals surface area contributed by atoms with Crippen LogP contribution < -0.4 is 4.74 Å². The number of ether oxygens (including phenoxy) is 2. The van der Waals surface area contributed by atoms with E-state index in [1.165, 1.54) is 17.7 Å². The van der Waals surface area contributed by atoms with Crippen LogP contribution >= 0.6 is 11.8 Å². The first kappa shape index (κ1) is 18.7. The summed E-state index contributed by atoms with van der Waals surface area (Å²) in [5.41, 5.74) is 0. The standard InChI is InChI=1S/C20H26O3S/c1-3-5-14-23-17-8-12-19(13-9-17)24-18-10-6-16(7-11-18)15-20(21)22-4-2/h8-9,12-13,16,18H,4,6-7,10-11,14-15H2,1-2H3. The highest BCUT2D eigenvalue weighted by Gasteiger charge is 2.24. The van der Waals surface area contributed by atoms with Gasteiger partial charge in [-0.3, -0.25) is 4.79 Å². The molecule has 0 unspecified atom stereocenters. The molecule has 1 aliphatic rings. The van der Waals surface area contributed by atoms with Gasteiger partial charge in [0.2, 0.25) is 0 Å². The highest BCUT2D eigenvalue weighted by Crippen LogP contribution is 2.37. The third kappa shape index (κ3) is 6.49.